The van der Waals surface area contributed by atoms with Gasteiger partial charge in [0.05, 0.1) is 5.69 Å². The molecule has 0 aliphatic carbocycles. The molecule has 0 atom stereocenters. The maximum atomic E-state index is 4.95. The van der Waals surface area contributed by atoms with Crippen LogP contribution in [0.3, 0.4) is 0 Å². The fraction of sp³-hybridized carbons (Fsp3) is 0.0870. The Bertz CT molecular complexity index is 1270. The summed E-state index contributed by atoms with van der Waals surface area (Å²) in [5, 5.41) is 16.0. The van der Waals surface area contributed by atoms with Gasteiger partial charge in [0.1, 0.15) is 0 Å². The molecule has 0 unspecified atom stereocenters. The Hall–Kier alpha value is -3.53. The van der Waals surface area contributed by atoms with Crippen LogP contribution in [0.4, 0.5) is 0 Å². The lowest BCUT2D eigenvalue weighted by Gasteiger charge is -2.09. The quantitative estimate of drug-likeness (QED) is 0.438. The zero-order valence-corrected chi connectivity index (χ0v) is 15.2. The second kappa shape index (κ2) is 6.02. The first kappa shape index (κ1) is 15.7. The highest BCUT2D eigenvalue weighted by Gasteiger charge is 2.16. The van der Waals surface area contributed by atoms with Gasteiger partial charge in [0.25, 0.3) is 0 Å². The second-order valence-corrected chi connectivity index (χ2v) is 6.89. The van der Waals surface area contributed by atoms with Crippen molar-refractivity contribution in [2.24, 2.45) is 0 Å². The number of rotatable bonds is 2. The van der Waals surface area contributed by atoms with E-state index in [9.17, 15) is 0 Å². The molecule has 0 bridgehead atoms. The third kappa shape index (κ3) is 2.57. The molecule has 2 aromatic heterocycles. The molecule has 0 spiro atoms. The fourth-order valence-electron chi connectivity index (χ4n) is 3.39. The molecule has 0 saturated carbocycles. The molecule has 0 amide bonds. The summed E-state index contributed by atoms with van der Waals surface area (Å²) in [5.41, 5.74) is 6.25. The number of hydrogen-bond acceptors (Lipinski definition) is 3. The highest BCUT2D eigenvalue weighted by Crippen LogP contribution is 2.30. The lowest BCUT2D eigenvalue weighted by molar-refractivity contribution is 0.951. The van der Waals surface area contributed by atoms with E-state index in [4.69, 9.17) is 5.10 Å². The first-order valence-electron chi connectivity index (χ1n) is 8.99. The molecule has 130 valence electrons. The van der Waals surface area contributed by atoms with E-state index in [1.165, 1.54) is 11.1 Å². The van der Waals surface area contributed by atoms with Gasteiger partial charge in [-0.05, 0) is 13.8 Å². The van der Waals surface area contributed by atoms with Crippen molar-refractivity contribution in [3.63, 3.8) is 0 Å². The molecule has 0 saturated heterocycles. The van der Waals surface area contributed by atoms with E-state index in [1.807, 2.05) is 16.6 Å². The number of nitrogens with zero attached hydrogens (tertiary/aromatic N) is 4. The van der Waals surface area contributed by atoms with E-state index >= 15 is 0 Å². The largest absolute Gasteiger partial charge is 0.192 e. The van der Waals surface area contributed by atoms with Crippen LogP contribution in [0, 0.1) is 13.8 Å². The molecule has 4 heteroatoms. The van der Waals surface area contributed by atoms with Crippen molar-refractivity contribution >= 4 is 16.4 Å². The number of hydrogen-bond donors (Lipinski definition) is 0. The van der Waals surface area contributed by atoms with Crippen LogP contribution >= 0.6 is 0 Å². The van der Waals surface area contributed by atoms with Crippen molar-refractivity contribution in [2.75, 3.05) is 0 Å². The monoisotopic (exact) mass is 350 g/mol. The van der Waals surface area contributed by atoms with Gasteiger partial charge in [-0.15, -0.1) is 10.2 Å². The first-order valence-corrected chi connectivity index (χ1v) is 8.99. The minimum Gasteiger partial charge on any atom is -0.192 e. The summed E-state index contributed by atoms with van der Waals surface area (Å²) in [6.07, 6.45) is 0. The van der Waals surface area contributed by atoms with Gasteiger partial charge in [0.2, 0.25) is 0 Å². The van der Waals surface area contributed by atoms with Crippen molar-refractivity contribution in [2.45, 2.75) is 13.8 Å². The standard InChI is InChI=1S/C23H18N4/c1-15-7-11-17(12-8-15)21-19-5-3-4-6-20(19)23-25-24-22(27(23)26-21)18-13-9-16(2)10-14-18/h3-14H,1-2H3. The Labute approximate surface area is 157 Å². The maximum Gasteiger partial charge on any atom is 0.186 e. The highest BCUT2D eigenvalue weighted by molar-refractivity contribution is 6.01. The summed E-state index contributed by atoms with van der Waals surface area (Å²) in [6, 6.07) is 25.0. The van der Waals surface area contributed by atoms with Crippen LogP contribution in [0.15, 0.2) is 72.8 Å². The average Bonchev–Trinajstić information content (AvgIpc) is 3.13. The average molecular weight is 350 g/mol. The smallest absolute Gasteiger partial charge is 0.186 e. The van der Waals surface area contributed by atoms with Crippen LogP contribution < -0.4 is 0 Å². The van der Waals surface area contributed by atoms with Gasteiger partial charge in [0, 0.05) is 21.9 Å². The van der Waals surface area contributed by atoms with E-state index < -0.39 is 0 Å². The molecule has 0 fully saturated rings. The summed E-state index contributed by atoms with van der Waals surface area (Å²) in [7, 11) is 0. The minimum absolute atomic E-state index is 0.754. The van der Waals surface area contributed by atoms with Crippen LogP contribution in [-0.4, -0.2) is 19.8 Å². The van der Waals surface area contributed by atoms with Crippen molar-refractivity contribution in [3.8, 4) is 22.6 Å². The molecular formula is C23H18N4. The molecule has 5 aromatic rings. The van der Waals surface area contributed by atoms with Gasteiger partial charge in [-0.25, -0.2) is 0 Å². The number of aryl methyl sites for hydroxylation is 2. The van der Waals surface area contributed by atoms with Gasteiger partial charge in [-0.1, -0.05) is 83.9 Å². The van der Waals surface area contributed by atoms with Crippen LogP contribution in [0.2, 0.25) is 0 Å². The molecule has 0 radical (unpaired) electrons. The van der Waals surface area contributed by atoms with Crippen LogP contribution in [-0.2, 0) is 0 Å². The Balaban J connectivity index is 1.84. The van der Waals surface area contributed by atoms with Crippen molar-refractivity contribution in [1.82, 2.24) is 19.8 Å². The van der Waals surface area contributed by atoms with Gasteiger partial charge in [-0.3, -0.25) is 0 Å². The summed E-state index contributed by atoms with van der Waals surface area (Å²) >= 11 is 0. The minimum atomic E-state index is 0.754. The van der Waals surface area contributed by atoms with Gasteiger partial charge in [0.15, 0.2) is 11.5 Å². The fourth-order valence-corrected chi connectivity index (χ4v) is 3.39. The zero-order valence-electron chi connectivity index (χ0n) is 15.2. The van der Waals surface area contributed by atoms with E-state index in [-0.39, 0.29) is 0 Å². The molecule has 0 N–H and O–H groups in total. The Morgan fingerprint density at radius 1 is 0.630 bits per heavy atom. The zero-order chi connectivity index (χ0) is 18.4. The van der Waals surface area contributed by atoms with Crippen molar-refractivity contribution < 1.29 is 0 Å². The number of aromatic nitrogens is 4. The van der Waals surface area contributed by atoms with Crippen LogP contribution in [0.25, 0.3) is 39.1 Å². The van der Waals surface area contributed by atoms with E-state index in [1.54, 1.807) is 0 Å². The van der Waals surface area contributed by atoms with Crippen molar-refractivity contribution in [1.29, 1.82) is 0 Å². The Morgan fingerprint density at radius 3 is 1.89 bits per heavy atom. The first-order chi connectivity index (χ1) is 13.2. The lowest BCUT2D eigenvalue weighted by Crippen LogP contribution is -1.99. The van der Waals surface area contributed by atoms with Crippen LogP contribution in [0.5, 0.6) is 0 Å². The van der Waals surface area contributed by atoms with E-state index in [0.717, 1.165) is 39.1 Å². The molecule has 0 aliphatic rings. The number of fused-ring (bicyclic) bond motifs is 3. The summed E-state index contributed by atoms with van der Waals surface area (Å²) in [4.78, 5) is 0. The number of benzene rings is 3. The molecule has 0 aliphatic heterocycles. The van der Waals surface area contributed by atoms with Gasteiger partial charge < -0.3 is 0 Å². The van der Waals surface area contributed by atoms with E-state index in [0.29, 0.717) is 0 Å². The predicted octanol–water partition coefficient (Wildman–Crippen LogP) is 5.23. The summed E-state index contributed by atoms with van der Waals surface area (Å²) in [6.45, 7) is 4.17. The van der Waals surface area contributed by atoms with E-state index in [2.05, 4.69) is 84.7 Å². The maximum absolute atomic E-state index is 4.95. The topological polar surface area (TPSA) is 43.1 Å². The van der Waals surface area contributed by atoms with Gasteiger partial charge in [-0.2, -0.15) is 9.61 Å². The lowest BCUT2D eigenvalue weighted by atomic mass is 10.0. The van der Waals surface area contributed by atoms with Gasteiger partial charge >= 0.3 is 0 Å². The summed E-state index contributed by atoms with van der Waals surface area (Å²) in [5.74, 6) is 0.754. The molecular weight excluding hydrogens is 332 g/mol. The molecule has 4 nitrogen and oxygen atoms in total. The Kier molecular flexibility index (Phi) is 3.50. The third-order valence-electron chi connectivity index (χ3n) is 4.90. The predicted molar refractivity (Wildman–Crippen MR) is 109 cm³/mol. The molecule has 27 heavy (non-hydrogen) atoms. The molecule has 5 rings (SSSR count). The third-order valence-corrected chi connectivity index (χ3v) is 4.90. The normalized spacial score (nSPS) is 11.3. The summed E-state index contributed by atoms with van der Waals surface area (Å²) < 4.78 is 1.86. The molecule has 3 aromatic carbocycles. The Morgan fingerprint density at radius 2 is 1.22 bits per heavy atom. The SMILES string of the molecule is Cc1ccc(-c2nn3c(-c4ccc(C)cc4)nnc3c3ccccc23)cc1. The molecule has 2 heterocycles. The second-order valence-electron chi connectivity index (χ2n) is 6.89. The highest BCUT2D eigenvalue weighted by atomic mass is 15.4. The van der Waals surface area contributed by atoms with Crippen LogP contribution in [0.1, 0.15) is 11.1 Å². The van der Waals surface area contributed by atoms with Crippen molar-refractivity contribution in [3.05, 3.63) is 83.9 Å².